The minimum Gasteiger partial charge on any atom is -0.466 e. The van der Waals surface area contributed by atoms with Crippen molar-refractivity contribution in [3.63, 3.8) is 0 Å². The first kappa shape index (κ1) is 8.75. The lowest BCUT2D eigenvalue weighted by atomic mass is 9.82. The van der Waals surface area contributed by atoms with Crippen LogP contribution in [0.25, 0.3) is 0 Å². The fraction of sp³-hybridized carbons (Fsp3) is 0.600. The van der Waals surface area contributed by atoms with Gasteiger partial charge in [0.25, 0.3) is 0 Å². The van der Waals surface area contributed by atoms with E-state index >= 15 is 0 Å². The monoisotopic (exact) mass is 183 g/mol. The van der Waals surface area contributed by atoms with Gasteiger partial charge >= 0.3 is 0 Å². The summed E-state index contributed by atoms with van der Waals surface area (Å²) in [7, 11) is 0. The predicted octanol–water partition coefficient (Wildman–Crippen LogP) is 2.35. The van der Waals surface area contributed by atoms with Gasteiger partial charge in [0.1, 0.15) is 5.76 Å². The van der Waals surface area contributed by atoms with E-state index in [-0.39, 0.29) is 6.04 Å². The van der Waals surface area contributed by atoms with Gasteiger partial charge in [0.2, 0.25) is 0 Å². The molecule has 72 valence electrons. The summed E-state index contributed by atoms with van der Waals surface area (Å²) >= 11 is 0. The molecule has 2 rings (SSSR count). The molecule has 2 atom stereocenters. The van der Waals surface area contributed by atoms with Crippen LogP contribution in [0.1, 0.15) is 31.4 Å². The van der Waals surface area contributed by atoms with Crippen molar-refractivity contribution in [3.05, 3.63) is 24.2 Å². The zero-order chi connectivity index (χ0) is 9.31. The molecule has 2 nitrogen and oxygen atoms in total. The van der Waals surface area contributed by atoms with E-state index in [2.05, 4.69) is 0 Å². The van der Waals surface area contributed by atoms with Gasteiger partial charge in [-0.2, -0.15) is 0 Å². The molecule has 13 heavy (non-hydrogen) atoms. The zero-order valence-electron chi connectivity index (χ0n) is 7.50. The van der Waals surface area contributed by atoms with Crippen molar-refractivity contribution in [2.75, 3.05) is 0 Å². The summed E-state index contributed by atoms with van der Waals surface area (Å²) in [6, 6.07) is 3.39. The maximum Gasteiger partial charge on any atom is 0.169 e. The van der Waals surface area contributed by atoms with Crippen molar-refractivity contribution in [1.29, 1.82) is 0 Å². The molecule has 0 radical (unpaired) electrons. The third-order valence-electron chi connectivity index (χ3n) is 2.70. The molecule has 2 N–H and O–H groups in total. The van der Waals surface area contributed by atoms with E-state index in [9.17, 15) is 4.39 Å². The van der Waals surface area contributed by atoms with Crippen molar-refractivity contribution in [2.24, 2.45) is 5.73 Å². The Morgan fingerprint density at radius 2 is 2.46 bits per heavy atom. The molecule has 0 amide bonds. The van der Waals surface area contributed by atoms with Crippen LogP contribution >= 0.6 is 0 Å². The molecule has 1 fully saturated rings. The van der Waals surface area contributed by atoms with E-state index in [0.717, 1.165) is 12.8 Å². The Morgan fingerprint density at radius 3 is 3.08 bits per heavy atom. The highest BCUT2D eigenvalue weighted by Gasteiger charge is 2.39. The van der Waals surface area contributed by atoms with Gasteiger partial charge in [0.05, 0.1) is 6.26 Å². The molecule has 1 heterocycles. The summed E-state index contributed by atoms with van der Waals surface area (Å²) in [5.74, 6) is 0.433. The Morgan fingerprint density at radius 1 is 1.62 bits per heavy atom. The molecule has 0 aromatic carbocycles. The van der Waals surface area contributed by atoms with E-state index in [1.807, 2.05) is 0 Å². The SMILES string of the molecule is NC1CCCC(F)(c2ccco2)C1. The molecule has 3 heteroatoms. The number of furan rings is 1. The molecule has 0 spiro atoms. The maximum atomic E-state index is 14.2. The second-order valence-electron chi connectivity index (χ2n) is 3.80. The van der Waals surface area contributed by atoms with Crippen molar-refractivity contribution in [3.8, 4) is 0 Å². The fourth-order valence-electron chi connectivity index (χ4n) is 2.02. The first-order valence-electron chi connectivity index (χ1n) is 4.69. The molecule has 1 saturated carbocycles. The van der Waals surface area contributed by atoms with E-state index in [1.54, 1.807) is 12.1 Å². The number of halogens is 1. The largest absolute Gasteiger partial charge is 0.466 e. The van der Waals surface area contributed by atoms with E-state index < -0.39 is 5.67 Å². The normalized spacial score (nSPS) is 34.8. The molecule has 2 unspecified atom stereocenters. The van der Waals surface area contributed by atoms with Crippen molar-refractivity contribution in [1.82, 2.24) is 0 Å². The van der Waals surface area contributed by atoms with Gasteiger partial charge in [-0.15, -0.1) is 0 Å². The molecular formula is C10H14FNO. The van der Waals surface area contributed by atoms with Gasteiger partial charge in [0.15, 0.2) is 5.67 Å². The lowest BCUT2D eigenvalue weighted by Gasteiger charge is -2.31. The van der Waals surface area contributed by atoms with Crippen LogP contribution in [0, 0.1) is 0 Å². The smallest absolute Gasteiger partial charge is 0.169 e. The Hall–Kier alpha value is -0.830. The number of hydrogen-bond donors (Lipinski definition) is 1. The van der Waals surface area contributed by atoms with E-state index in [1.165, 1.54) is 6.26 Å². The third-order valence-corrected chi connectivity index (χ3v) is 2.70. The second kappa shape index (κ2) is 3.14. The maximum absolute atomic E-state index is 14.2. The van der Waals surface area contributed by atoms with Crippen LogP contribution < -0.4 is 5.73 Å². The number of rotatable bonds is 1. The van der Waals surface area contributed by atoms with Gasteiger partial charge in [-0.05, 0) is 31.4 Å². The molecule has 1 aromatic rings. The lowest BCUT2D eigenvalue weighted by molar-refractivity contribution is 0.0690. The topological polar surface area (TPSA) is 39.2 Å². The minimum atomic E-state index is -1.32. The first-order chi connectivity index (χ1) is 6.21. The molecule has 1 aromatic heterocycles. The average Bonchev–Trinajstić information content (AvgIpc) is 2.55. The molecule has 1 aliphatic carbocycles. The summed E-state index contributed by atoms with van der Waals surface area (Å²) in [6.07, 6.45) is 4.20. The third kappa shape index (κ3) is 1.61. The Kier molecular flexibility index (Phi) is 2.12. The van der Waals surface area contributed by atoms with E-state index in [4.69, 9.17) is 10.2 Å². The summed E-state index contributed by atoms with van der Waals surface area (Å²) in [5.41, 5.74) is 4.42. The number of alkyl halides is 1. The van der Waals surface area contributed by atoms with Gasteiger partial charge in [-0.25, -0.2) is 4.39 Å². The molecule has 0 bridgehead atoms. The minimum absolute atomic E-state index is 0.0242. The number of hydrogen-bond acceptors (Lipinski definition) is 2. The van der Waals surface area contributed by atoms with Gasteiger partial charge in [-0.1, -0.05) is 0 Å². The quantitative estimate of drug-likeness (QED) is 0.725. The van der Waals surface area contributed by atoms with Crippen LogP contribution in [0.15, 0.2) is 22.8 Å². The zero-order valence-corrected chi connectivity index (χ0v) is 7.50. The van der Waals surface area contributed by atoms with Crippen LogP contribution in [0.3, 0.4) is 0 Å². The van der Waals surface area contributed by atoms with Crippen LogP contribution in [0.4, 0.5) is 4.39 Å². The van der Waals surface area contributed by atoms with Crippen LogP contribution in [0.2, 0.25) is 0 Å². The van der Waals surface area contributed by atoms with Crippen molar-refractivity contribution < 1.29 is 8.81 Å². The molecule has 0 saturated heterocycles. The highest BCUT2D eigenvalue weighted by Crippen LogP contribution is 2.40. The Bertz CT molecular complexity index is 272. The first-order valence-corrected chi connectivity index (χ1v) is 4.69. The van der Waals surface area contributed by atoms with Crippen molar-refractivity contribution >= 4 is 0 Å². The Balaban J connectivity index is 2.20. The molecule has 0 aliphatic heterocycles. The standard InChI is InChI=1S/C10H14FNO/c11-10(9-4-2-6-13-9)5-1-3-8(12)7-10/h2,4,6,8H,1,3,5,7,12H2. The second-order valence-corrected chi connectivity index (χ2v) is 3.80. The van der Waals surface area contributed by atoms with Gasteiger partial charge in [-0.3, -0.25) is 0 Å². The number of nitrogens with two attached hydrogens (primary N) is 1. The summed E-state index contributed by atoms with van der Waals surface area (Å²) in [4.78, 5) is 0. The molecule has 1 aliphatic rings. The summed E-state index contributed by atoms with van der Waals surface area (Å²) < 4.78 is 19.3. The molecular weight excluding hydrogens is 169 g/mol. The van der Waals surface area contributed by atoms with Gasteiger partial charge in [0, 0.05) is 12.5 Å². The van der Waals surface area contributed by atoms with Crippen LogP contribution in [-0.4, -0.2) is 6.04 Å². The fourth-order valence-corrected chi connectivity index (χ4v) is 2.02. The highest BCUT2D eigenvalue weighted by atomic mass is 19.1. The summed E-state index contributed by atoms with van der Waals surface area (Å²) in [6.45, 7) is 0. The van der Waals surface area contributed by atoms with Crippen LogP contribution in [0.5, 0.6) is 0 Å². The lowest BCUT2D eigenvalue weighted by Crippen LogP contribution is -2.35. The Labute approximate surface area is 76.9 Å². The van der Waals surface area contributed by atoms with E-state index in [0.29, 0.717) is 18.6 Å². The summed E-state index contributed by atoms with van der Waals surface area (Å²) in [5, 5.41) is 0. The van der Waals surface area contributed by atoms with Gasteiger partial charge < -0.3 is 10.2 Å². The van der Waals surface area contributed by atoms with Crippen molar-refractivity contribution in [2.45, 2.75) is 37.4 Å². The van der Waals surface area contributed by atoms with Crippen LogP contribution in [-0.2, 0) is 5.67 Å². The average molecular weight is 183 g/mol. The predicted molar refractivity (Wildman–Crippen MR) is 47.9 cm³/mol. The highest BCUT2D eigenvalue weighted by molar-refractivity contribution is 5.11.